The van der Waals surface area contributed by atoms with Gasteiger partial charge in [-0.2, -0.15) is 0 Å². The molecule has 0 aliphatic heterocycles. The first-order valence-electron chi connectivity index (χ1n) is 34.7. The van der Waals surface area contributed by atoms with Gasteiger partial charge in [0.2, 0.25) is 0 Å². The fraction of sp³-hybridized carbons (Fsp3) is 0.838. The number of amides is 2. The van der Waals surface area contributed by atoms with Gasteiger partial charge in [0.05, 0.1) is 13.2 Å². The molecule has 18 atom stereocenters. The highest BCUT2D eigenvalue weighted by Gasteiger charge is 2.61. The third-order valence-corrected chi connectivity index (χ3v) is 24.6. The van der Waals surface area contributed by atoms with E-state index in [1.807, 2.05) is 0 Å². The average Bonchev–Trinajstić information content (AvgIpc) is 1.47. The maximum atomic E-state index is 13.2. The quantitative estimate of drug-likeness (QED) is 0.0321. The van der Waals surface area contributed by atoms with Crippen LogP contribution in [0, 0.1) is 116 Å². The van der Waals surface area contributed by atoms with E-state index in [0.717, 1.165) is 111 Å². The Bertz CT molecular complexity index is 2270. The SMILES string of the molecule is CC(C)CCC[C@@H](C)[C@H]1CC[C@H]2[C@@H]3CC=C4C[C@@H](OC(=O)[C@H](C)NC(=O)OCCCCC#CC#CCCCCOC(=O)N[C@@H](C)C(=O)O[C@H]5CC[C@@]6(C)C(=CC[C@H]7[C@@H]8CC[C@H]([C@H](C)CCCC(C)C)[C@@]8(C)CC[C@@H]76)C5)CC[C@]4(C)[C@H]3CC[C@]12C. The average molecular weight is 1160 g/mol. The minimum absolute atomic E-state index is 0.161. The molecule has 0 spiro atoms. The number of fused-ring (bicyclic) bond motifs is 10. The molecule has 8 aliphatic carbocycles. The predicted octanol–water partition coefficient (Wildman–Crippen LogP) is 17.5. The second kappa shape index (κ2) is 29.4. The fourth-order valence-electron chi connectivity index (χ4n) is 19.8. The van der Waals surface area contributed by atoms with Crippen molar-refractivity contribution in [3.8, 4) is 23.7 Å². The molecule has 0 unspecified atom stereocenters. The number of unbranched alkanes of at least 4 members (excludes halogenated alkanes) is 4. The molecule has 6 saturated carbocycles. The summed E-state index contributed by atoms with van der Waals surface area (Å²) < 4.78 is 22.9. The largest absolute Gasteiger partial charge is 0.461 e. The van der Waals surface area contributed by atoms with E-state index in [1.54, 1.807) is 13.8 Å². The standard InChI is InChI=1S/C74H116N2O8/c1-49(2)25-23-27-51(5)61-33-35-63-59-31-29-55-47-57(37-41-71(55,9)65(59)39-43-73(61,63)11)83-67(77)53(7)75-69(79)81-45-21-19-17-15-13-14-16-18-20-22-46-82-70(80)76-54(8)68(78)84-58-38-42-72(10)56(48-58)30-32-60-64-36-34-62(52(6)28-24-26-50(3)4)74(64,12)44-40-66(60)72/h29-30,49-54,57-66H,17-28,31-48H2,1-12H3,(H,75,79)(H,76,80)/t51-,52-,53+,54+,57+,58+,59+,60+,61-,62-,63+,64+,65+,66+,71+,72+,73-,74-/m1/s1. The summed E-state index contributed by atoms with van der Waals surface area (Å²) in [4.78, 5) is 51.6. The molecular weight excluding hydrogens is 1040 g/mol. The van der Waals surface area contributed by atoms with E-state index in [9.17, 15) is 19.2 Å². The number of hydrogen-bond acceptors (Lipinski definition) is 8. The number of nitrogens with one attached hydrogen (secondary N) is 2. The minimum Gasteiger partial charge on any atom is -0.461 e. The lowest BCUT2D eigenvalue weighted by molar-refractivity contribution is -0.154. The third kappa shape index (κ3) is 15.5. The maximum absolute atomic E-state index is 13.2. The normalized spacial score (nSPS) is 35.2. The summed E-state index contributed by atoms with van der Waals surface area (Å²) in [5, 5.41) is 5.35. The number of ether oxygens (including phenoxy) is 4. The Morgan fingerprint density at radius 2 is 0.905 bits per heavy atom. The van der Waals surface area contributed by atoms with Crippen LogP contribution in [0.15, 0.2) is 23.3 Å². The number of hydrogen-bond donors (Lipinski definition) is 2. The Hall–Kier alpha value is -3.92. The smallest absolute Gasteiger partial charge is 0.407 e. The van der Waals surface area contributed by atoms with E-state index < -0.39 is 36.2 Å². The molecule has 8 aliphatic rings. The Labute approximate surface area is 510 Å². The van der Waals surface area contributed by atoms with Crippen LogP contribution >= 0.6 is 0 Å². The van der Waals surface area contributed by atoms with Gasteiger partial charge in [-0.3, -0.25) is 0 Å². The number of alkyl carbamates (subject to hydrolysis) is 2. The molecule has 0 aromatic rings. The summed E-state index contributed by atoms with van der Waals surface area (Å²) in [6.45, 7) is 28.7. The number of carbonyl (C=O) groups excluding carboxylic acids is 4. The second-order valence-electron chi connectivity index (χ2n) is 30.7. The van der Waals surface area contributed by atoms with Gasteiger partial charge in [-0.25, -0.2) is 19.2 Å². The molecule has 0 aromatic carbocycles. The molecule has 0 bridgehead atoms. The highest BCUT2D eigenvalue weighted by atomic mass is 16.6. The minimum atomic E-state index is -0.794. The third-order valence-electron chi connectivity index (χ3n) is 24.6. The van der Waals surface area contributed by atoms with Gasteiger partial charge in [0.15, 0.2) is 0 Å². The van der Waals surface area contributed by atoms with Crippen LogP contribution in [0.5, 0.6) is 0 Å². The van der Waals surface area contributed by atoms with Crippen LogP contribution < -0.4 is 10.6 Å². The first-order valence-corrected chi connectivity index (χ1v) is 34.7. The molecule has 0 saturated heterocycles. The van der Waals surface area contributed by atoms with Crippen molar-refractivity contribution in [1.82, 2.24) is 10.6 Å². The van der Waals surface area contributed by atoms with E-state index in [2.05, 4.69) is 116 Å². The van der Waals surface area contributed by atoms with Crippen molar-refractivity contribution in [3.05, 3.63) is 23.3 Å². The summed E-state index contributed by atoms with van der Waals surface area (Å²) in [7, 11) is 0. The van der Waals surface area contributed by atoms with Crippen molar-refractivity contribution in [2.75, 3.05) is 13.2 Å². The molecule has 0 aromatic heterocycles. The molecule has 2 amide bonds. The number of esters is 2. The zero-order valence-corrected chi connectivity index (χ0v) is 54.9. The van der Waals surface area contributed by atoms with Gasteiger partial charge in [0.1, 0.15) is 24.3 Å². The van der Waals surface area contributed by atoms with Crippen LogP contribution in [0.1, 0.15) is 263 Å². The van der Waals surface area contributed by atoms with Gasteiger partial charge in [0.25, 0.3) is 0 Å². The molecule has 0 heterocycles. The molecule has 10 heteroatoms. The van der Waals surface area contributed by atoms with E-state index in [-0.39, 0.29) is 36.3 Å². The van der Waals surface area contributed by atoms with Crippen LogP contribution in [0.2, 0.25) is 0 Å². The molecule has 2 N–H and O–H groups in total. The van der Waals surface area contributed by atoms with Gasteiger partial charge in [-0.05, 0) is 234 Å². The highest BCUT2D eigenvalue weighted by molar-refractivity contribution is 5.81. The van der Waals surface area contributed by atoms with Crippen molar-refractivity contribution < 1.29 is 38.1 Å². The first kappa shape index (κ1) is 66.0. The van der Waals surface area contributed by atoms with E-state index in [0.29, 0.717) is 48.3 Å². The maximum Gasteiger partial charge on any atom is 0.407 e. The first-order chi connectivity index (χ1) is 40.1. The number of rotatable bonds is 24. The van der Waals surface area contributed by atoms with E-state index >= 15 is 0 Å². The van der Waals surface area contributed by atoms with Crippen LogP contribution in [-0.2, 0) is 28.5 Å². The number of allylic oxidation sites excluding steroid dienone is 2. The lowest BCUT2D eigenvalue weighted by atomic mass is 9.47. The van der Waals surface area contributed by atoms with E-state index in [4.69, 9.17) is 18.9 Å². The molecule has 8 rings (SSSR count). The van der Waals surface area contributed by atoms with E-state index in [1.165, 1.54) is 114 Å². The Kier molecular flexibility index (Phi) is 23.1. The van der Waals surface area contributed by atoms with Crippen molar-refractivity contribution in [3.63, 3.8) is 0 Å². The summed E-state index contributed by atoms with van der Waals surface area (Å²) in [6.07, 6.45) is 34.5. The van der Waals surface area contributed by atoms with Crippen LogP contribution in [0.25, 0.3) is 0 Å². The predicted molar refractivity (Wildman–Crippen MR) is 337 cm³/mol. The fourth-order valence-corrected chi connectivity index (χ4v) is 19.8. The number of carbonyl (C=O) groups is 4. The van der Waals surface area contributed by atoms with Gasteiger partial charge in [-0.15, -0.1) is 0 Å². The Balaban J connectivity index is 0.635. The molecular formula is C74H116N2O8. The van der Waals surface area contributed by atoms with Crippen LogP contribution in [-0.4, -0.2) is 61.6 Å². The molecule has 10 nitrogen and oxygen atoms in total. The monoisotopic (exact) mass is 1160 g/mol. The van der Waals surface area contributed by atoms with Gasteiger partial charge >= 0.3 is 24.1 Å². The van der Waals surface area contributed by atoms with Gasteiger partial charge in [-0.1, -0.05) is 143 Å². The summed E-state index contributed by atoms with van der Waals surface area (Å²) in [5.74, 6) is 20.6. The van der Waals surface area contributed by atoms with Crippen molar-refractivity contribution in [2.45, 2.75) is 287 Å². The molecule has 0 radical (unpaired) electrons. The molecule has 84 heavy (non-hydrogen) atoms. The van der Waals surface area contributed by atoms with Crippen LogP contribution in [0.3, 0.4) is 0 Å². The Morgan fingerprint density at radius 3 is 1.30 bits per heavy atom. The van der Waals surface area contributed by atoms with Crippen molar-refractivity contribution >= 4 is 24.1 Å². The lowest BCUT2D eigenvalue weighted by Crippen LogP contribution is -2.51. The molecule has 470 valence electrons. The topological polar surface area (TPSA) is 129 Å². The van der Waals surface area contributed by atoms with Crippen molar-refractivity contribution in [1.29, 1.82) is 0 Å². The second-order valence-corrected chi connectivity index (χ2v) is 30.7. The zero-order chi connectivity index (χ0) is 60.4. The zero-order valence-electron chi connectivity index (χ0n) is 54.9. The highest BCUT2D eigenvalue weighted by Crippen LogP contribution is 2.69. The summed E-state index contributed by atoms with van der Waals surface area (Å²) in [6, 6.07) is -1.59. The van der Waals surface area contributed by atoms with Crippen LogP contribution in [0.4, 0.5) is 9.59 Å². The van der Waals surface area contributed by atoms with Crippen molar-refractivity contribution in [2.24, 2.45) is 92.7 Å². The molecule has 6 fully saturated rings. The lowest BCUT2D eigenvalue weighted by Gasteiger charge is -2.58. The summed E-state index contributed by atoms with van der Waals surface area (Å²) in [5.41, 5.74) is 4.30. The Morgan fingerprint density at radius 1 is 0.500 bits per heavy atom. The van der Waals surface area contributed by atoms with Gasteiger partial charge < -0.3 is 29.6 Å². The summed E-state index contributed by atoms with van der Waals surface area (Å²) >= 11 is 0. The van der Waals surface area contributed by atoms with Gasteiger partial charge in [0, 0.05) is 25.7 Å².